The number of amides is 1. The number of carbonyl (C=O) groups is 1. The maximum absolute atomic E-state index is 11.5. The number of rotatable bonds is 3. The van der Waals surface area contributed by atoms with Gasteiger partial charge >= 0.3 is 6.09 Å². The minimum absolute atomic E-state index is 0.143. The number of ether oxygens (including phenoxy) is 1. The predicted molar refractivity (Wildman–Crippen MR) is 54.2 cm³/mol. The van der Waals surface area contributed by atoms with Gasteiger partial charge < -0.3 is 9.64 Å². The standard InChI is InChI=1S/C10H15N3O2/c1-13(7-8-5-11-12-6-8)10(14)15-9-3-2-4-9/h5-6,9H,2-4,7H2,1H3,(H,11,12). The summed E-state index contributed by atoms with van der Waals surface area (Å²) in [5, 5.41) is 6.53. The molecule has 1 aromatic heterocycles. The number of nitrogens with zero attached hydrogens (tertiary/aromatic N) is 2. The molecule has 82 valence electrons. The second-order valence-electron chi connectivity index (χ2n) is 3.90. The van der Waals surface area contributed by atoms with E-state index in [1.165, 1.54) is 6.42 Å². The van der Waals surface area contributed by atoms with Crippen molar-refractivity contribution in [2.45, 2.75) is 31.9 Å². The van der Waals surface area contributed by atoms with Crippen LogP contribution in [0.3, 0.4) is 0 Å². The van der Waals surface area contributed by atoms with Crippen molar-refractivity contribution in [2.75, 3.05) is 7.05 Å². The zero-order valence-corrected chi connectivity index (χ0v) is 8.77. The minimum atomic E-state index is -0.249. The molecule has 0 unspecified atom stereocenters. The molecule has 5 nitrogen and oxygen atoms in total. The van der Waals surface area contributed by atoms with Crippen molar-refractivity contribution < 1.29 is 9.53 Å². The van der Waals surface area contributed by atoms with Gasteiger partial charge in [0.1, 0.15) is 6.10 Å². The largest absolute Gasteiger partial charge is 0.446 e. The highest BCUT2D eigenvalue weighted by molar-refractivity contribution is 5.67. The van der Waals surface area contributed by atoms with Gasteiger partial charge in [0.05, 0.1) is 12.7 Å². The van der Waals surface area contributed by atoms with Crippen molar-refractivity contribution in [1.82, 2.24) is 15.1 Å². The number of aromatic amines is 1. The van der Waals surface area contributed by atoms with Crippen LogP contribution in [0.5, 0.6) is 0 Å². The van der Waals surface area contributed by atoms with Crippen LogP contribution in [0.25, 0.3) is 0 Å². The van der Waals surface area contributed by atoms with Crippen LogP contribution in [-0.4, -0.2) is 34.3 Å². The SMILES string of the molecule is CN(Cc1cn[nH]c1)C(=O)OC1CCC1. The molecule has 1 N–H and O–H groups in total. The molecule has 1 fully saturated rings. The van der Waals surface area contributed by atoms with Gasteiger partial charge in [0, 0.05) is 18.8 Å². The van der Waals surface area contributed by atoms with Crippen molar-refractivity contribution >= 4 is 6.09 Å². The first-order valence-corrected chi connectivity index (χ1v) is 5.15. The second kappa shape index (κ2) is 4.33. The van der Waals surface area contributed by atoms with E-state index in [4.69, 9.17) is 4.74 Å². The third kappa shape index (κ3) is 2.49. The van der Waals surface area contributed by atoms with Gasteiger partial charge in [-0.15, -0.1) is 0 Å². The molecule has 0 bridgehead atoms. The van der Waals surface area contributed by atoms with E-state index in [1.807, 2.05) is 0 Å². The Morgan fingerprint density at radius 1 is 1.73 bits per heavy atom. The highest BCUT2D eigenvalue weighted by Crippen LogP contribution is 2.22. The van der Waals surface area contributed by atoms with E-state index >= 15 is 0 Å². The maximum atomic E-state index is 11.5. The van der Waals surface area contributed by atoms with Gasteiger partial charge in [-0.25, -0.2) is 4.79 Å². The van der Waals surface area contributed by atoms with E-state index in [0.717, 1.165) is 18.4 Å². The van der Waals surface area contributed by atoms with Gasteiger partial charge in [-0.2, -0.15) is 5.10 Å². The van der Waals surface area contributed by atoms with Crippen LogP contribution in [0.15, 0.2) is 12.4 Å². The summed E-state index contributed by atoms with van der Waals surface area (Å²) in [6.45, 7) is 0.530. The first-order valence-electron chi connectivity index (χ1n) is 5.15. The zero-order chi connectivity index (χ0) is 10.7. The van der Waals surface area contributed by atoms with E-state index in [9.17, 15) is 4.79 Å². The van der Waals surface area contributed by atoms with Crippen LogP contribution in [0, 0.1) is 0 Å². The quantitative estimate of drug-likeness (QED) is 0.821. The molecule has 0 aliphatic heterocycles. The van der Waals surface area contributed by atoms with Crippen LogP contribution < -0.4 is 0 Å². The first kappa shape index (κ1) is 10.0. The van der Waals surface area contributed by atoms with E-state index in [1.54, 1.807) is 24.3 Å². The number of carbonyl (C=O) groups excluding carboxylic acids is 1. The Labute approximate surface area is 88.4 Å². The first-order chi connectivity index (χ1) is 7.25. The molecule has 1 aromatic rings. The second-order valence-corrected chi connectivity index (χ2v) is 3.90. The average molecular weight is 209 g/mol. The Balaban J connectivity index is 1.79. The molecular formula is C10H15N3O2. The Morgan fingerprint density at radius 2 is 2.53 bits per heavy atom. The fourth-order valence-electron chi connectivity index (χ4n) is 1.42. The summed E-state index contributed by atoms with van der Waals surface area (Å²) in [5.74, 6) is 0. The van der Waals surface area contributed by atoms with E-state index in [0.29, 0.717) is 6.54 Å². The average Bonchev–Trinajstić information content (AvgIpc) is 2.63. The molecule has 1 saturated carbocycles. The predicted octanol–water partition coefficient (Wildman–Crippen LogP) is 1.53. The van der Waals surface area contributed by atoms with Gasteiger partial charge in [0.2, 0.25) is 0 Å². The highest BCUT2D eigenvalue weighted by Gasteiger charge is 2.23. The lowest BCUT2D eigenvalue weighted by Gasteiger charge is -2.27. The van der Waals surface area contributed by atoms with Crippen molar-refractivity contribution in [3.63, 3.8) is 0 Å². The van der Waals surface area contributed by atoms with Crippen molar-refractivity contribution in [1.29, 1.82) is 0 Å². The molecule has 15 heavy (non-hydrogen) atoms. The smallest absolute Gasteiger partial charge is 0.410 e. The van der Waals surface area contributed by atoms with Gasteiger partial charge in [0.15, 0.2) is 0 Å². The van der Waals surface area contributed by atoms with Gasteiger partial charge in [0.25, 0.3) is 0 Å². The normalized spacial score (nSPS) is 15.8. The van der Waals surface area contributed by atoms with Crippen molar-refractivity contribution in [3.8, 4) is 0 Å². The summed E-state index contributed by atoms with van der Waals surface area (Å²) in [6, 6.07) is 0. The lowest BCUT2D eigenvalue weighted by molar-refractivity contribution is 0.0302. The third-order valence-corrected chi connectivity index (χ3v) is 2.61. The summed E-state index contributed by atoms with van der Waals surface area (Å²) >= 11 is 0. The number of nitrogens with one attached hydrogen (secondary N) is 1. The number of H-pyrrole nitrogens is 1. The summed E-state index contributed by atoms with van der Waals surface area (Å²) < 4.78 is 5.25. The summed E-state index contributed by atoms with van der Waals surface area (Å²) in [4.78, 5) is 13.1. The summed E-state index contributed by atoms with van der Waals surface area (Å²) in [7, 11) is 1.73. The minimum Gasteiger partial charge on any atom is -0.446 e. The van der Waals surface area contributed by atoms with E-state index < -0.39 is 0 Å². The van der Waals surface area contributed by atoms with E-state index in [-0.39, 0.29) is 12.2 Å². The summed E-state index contributed by atoms with van der Waals surface area (Å²) in [6.07, 6.45) is 6.55. The Hall–Kier alpha value is -1.52. The molecule has 0 aromatic carbocycles. The molecule has 1 aliphatic rings. The third-order valence-electron chi connectivity index (χ3n) is 2.61. The monoisotopic (exact) mass is 209 g/mol. The van der Waals surface area contributed by atoms with Crippen molar-refractivity contribution in [2.24, 2.45) is 0 Å². The molecule has 0 atom stereocenters. The fourth-order valence-corrected chi connectivity index (χ4v) is 1.42. The van der Waals surface area contributed by atoms with Crippen LogP contribution in [-0.2, 0) is 11.3 Å². The molecule has 0 spiro atoms. The number of hydrogen-bond donors (Lipinski definition) is 1. The van der Waals surface area contributed by atoms with Crippen LogP contribution in [0.4, 0.5) is 4.79 Å². The van der Waals surface area contributed by atoms with Crippen molar-refractivity contribution in [3.05, 3.63) is 18.0 Å². The zero-order valence-electron chi connectivity index (χ0n) is 8.77. The molecule has 2 rings (SSSR count). The lowest BCUT2D eigenvalue weighted by atomic mass is 9.96. The molecule has 5 heteroatoms. The molecule has 0 radical (unpaired) electrons. The number of hydrogen-bond acceptors (Lipinski definition) is 3. The Kier molecular flexibility index (Phi) is 2.89. The van der Waals surface area contributed by atoms with Crippen LogP contribution in [0.1, 0.15) is 24.8 Å². The fraction of sp³-hybridized carbons (Fsp3) is 0.600. The topological polar surface area (TPSA) is 58.2 Å². The summed E-state index contributed by atoms with van der Waals surface area (Å²) in [5.41, 5.74) is 0.975. The Bertz CT molecular complexity index is 319. The van der Waals surface area contributed by atoms with E-state index in [2.05, 4.69) is 10.2 Å². The van der Waals surface area contributed by atoms with Gasteiger partial charge in [-0.1, -0.05) is 0 Å². The van der Waals surface area contributed by atoms with Crippen LogP contribution in [0.2, 0.25) is 0 Å². The van der Waals surface area contributed by atoms with Gasteiger partial charge in [-0.05, 0) is 19.3 Å². The number of aromatic nitrogens is 2. The maximum Gasteiger partial charge on any atom is 0.410 e. The Morgan fingerprint density at radius 3 is 3.07 bits per heavy atom. The van der Waals surface area contributed by atoms with Gasteiger partial charge in [-0.3, -0.25) is 5.10 Å². The molecular weight excluding hydrogens is 194 g/mol. The molecule has 1 amide bonds. The molecule has 1 heterocycles. The molecule has 0 saturated heterocycles. The van der Waals surface area contributed by atoms with Crippen LogP contribution >= 0.6 is 0 Å². The highest BCUT2D eigenvalue weighted by atomic mass is 16.6. The molecule has 1 aliphatic carbocycles. The lowest BCUT2D eigenvalue weighted by Crippen LogP contribution is -2.33.